The van der Waals surface area contributed by atoms with Gasteiger partial charge in [0.15, 0.2) is 0 Å². The molecule has 0 fully saturated rings. The van der Waals surface area contributed by atoms with Crippen LogP contribution in [-0.2, 0) is 9.84 Å². The average molecular weight is 258 g/mol. The minimum Gasteiger partial charge on any atom is -0.624 e. The molecular formula is C9H10N2O5S. The third-order valence-electron chi connectivity index (χ3n) is 1.93. The van der Waals surface area contributed by atoms with Crippen molar-refractivity contribution in [1.82, 2.24) is 0 Å². The summed E-state index contributed by atoms with van der Waals surface area (Å²) >= 11 is 0. The maximum Gasteiger partial charge on any atom is 0.389 e. The summed E-state index contributed by atoms with van der Waals surface area (Å²) in [6.07, 6.45) is 0.502. The summed E-state index contributed by atoms with van der Waals surface area (Å²) in [5, 5.41) is 19.3. The molecule has 0 saturated carbocycles. The van der Waals surface area contributed by atoms with Crippen molar-refractivity contribution in [3.05, 3.63) is 45.7 Å². The zero-order valence-electron chi connectivity index (χ0n) is 8.89. The van der Waals surface area contributed by atoms with Crippen molar-refractivity contribution in [2.45, 2.75) is 10.3 Å². The van der Waals surface area contributed by atoms with Gasteiger partial charge in [-0.25, -0.2) is 13.2 Å². The molecule has 1 rings (SSSR count). The van der Waals surface area contributed by atoms with Crippen molar-refractivity contribution in [3.63, 3.8) is 0 Å². The molecule has 1 atom stereocenters. The average Bonchev–Trinajstić information content (AvgIpc) is 2.26. The topological polar surface area (TPSA) is 103 Å². The molecule has 8 heteroatoms. The lowest BCUT2D eigenvalue weighted by Gasteiger charge is -2.06. The first-order chi connectivity index (χ1) is 7.85. The monoisotopic (exact) mass is 258 g/mol. The third-order valence-corrected chi connectivity index (χ3v) is 3.79. The number of nitrogens with zero attached hydrogens (tertiary/aromatic N) is 2. The van der Waals surface area contributed by atoms with Gasteiger partial charge in [0.05, 0.1) is 9.82 Å². The van der Waals surface area contributed by atoms with Crippen molar-refractivity contribution >= 4 is 16.1 Å². The molecule has 0 spiro atoms. The Kier molecular flexibility index (Phi) is 3.79. The maximum atomic E-state index is 11.9. The fourth-order valence-corrected chi connectivity index (χ4v) is 2.55. The summed E-state index contributed by atoms with van der Waals surface area (Å²) in [4.78, 5) is 9.47. The minimum absolute atomic E-state index is 0.105. The van der Waals surface area contributed by atoms with Gasteiger partial charge in [0.1, 0.15) is 7.05 Å². The molecule has 0 unspecified atom stereocenters. The summed E-state index contributed by atoms with van der Waals surface area (Å²) in [6, 6.07) is 6.97. The Labute approximate surface area is 97.7 Å². The second-order valence-corrected chi connectivity index (χ2v) is 5.27. The van der Waals surface area contributed by atoms with Crippen LogP contribution in [0, 0.1) is 15.3 Å². The third kappa shape index (κ3) is 3.00. The van der Waals surface area contributed by atoms with E-state index in [2.05, 4.69) is 0 Å². The molecule has 1 aromatic rings. The van der Waals surface area contributed by atoms with Crippen LogP contribution >= 0.6 is 0 Å². The lowest BCUT2D eigenvalue weighted by Crippen LogP contribution is -2.33. The van der Waals surface area contributed by atoms with E-state index in [1.54, 1.807) is 6.07 Å². The molecule has 0 N–H and O–H groups in total. The molecule has 1 aromatic carbocycles. The van der Waals surface area contributed by atoms with Crippen molar-refractivity contribution in [1.29, 1.82) is 0 Å². The number of hydrogen-bond acceptors (Lipinski definition) is 5. The highest BCUT2D eigenvalue weighted by atomic mass is 32.2. The van der Waals surface area contributed by atoms with Gasteiger partial charge in [-0.3, -0.25) is 10.1 Å². The SMILES string of the molecule is C/[N+]([O-])=C\[C@@H]([N+](=O)[O-])S(=O)(=O)c1ccccc1. The molecule has 0 aliphatic carbocycles. The number of hydroxylamine groups is 1. The summed E-state index contributed by atoms with van der Waals surface area (Å²) < 4.78 is 23.8. The quantitative estimate of drug-likeness (QED) is 0.253. The molecule has 0 aliphatic heterocycles. The van der Waals surface area contributed by atoms with Crippen molar-refractivity contribution in [2.75, 3.05) is 7.05 Å². The minimum atomic E-state index is -4.19. The standard InChI is InChI=1S/C9H10N2O5S/c1-10(12)7-9(11(13)14)17(15,16)8-5-3-2-4-6-8/h2-7,9H,1H3/b10-7+/t9-/m0/s1. The van der Waals surface area contributed by atoms with E-state index in [1.807, 2.05) is 0 Å². The van der Waals surface area contributed by atoms with E-state index in [4.69, 9.17) is 0 Å². The maximum absolute atomic E-state index is 11.9. The van der Waals surface area contributed by atoms with E-state index < -0.39 is 20.1 Å². The number of rotatable bonds is 4. The van der Waals surface area contributed by atoms with Gasteiger partial charge in [0, 0.05) is 0 Å². The first kappa shape index (κ1) is 13.1. The van der Waals surface area contributed by atoms with Crippen molar-refractivity contribution < 1.29 is 18.1 Å². The van der Waals surface area contributed by atoms with E-state index in [9.17, 15) is 23.7 Å². The van der Waals surface area contributed by atoms with Crippen LogP contribution in [0.2, 0.25) is 0 Å². The highest BCUT2D eigenvalue weighted by molar-refractivity contribution is 7.92. The summed E-state index contributed by atoms with van der Waals surface area (Å²) in [6.45, 7) is 0. The Morgan fingerprint density at radius 2 is 1.76 bits per heavy atom. The first-order valence-electron chi connectivity index (χ1n) is 4.53. The Bertz CT molecular complexity index is 534. The van der Waals surface area contributed by atoms with Crippen LogP contribution in [0.1, 0.15) is 0 Å². The summed E-state index contributed by atoms with van der Waals surface area (Å²) in [5.74, 6) is 0. The summed E-state index contributed by atoms with van der Waals surface area (Å²) in [7, 11) is -3.21. The molecule has 0 aliphatic rings. The number of benzene rings is 1. The van der Waals surface area contributed by atoms with Crippen LogP contribution in [0.3, 0.4) is 0 Å². The predicted molar refractivity (Wildman–Crippen MR) is 60.0 cm³/mol. The summed E-state index contributed by atoms with van der Waals surface area (Å²) in [5.41, 5.74) is 0. The molecule has 0 aromatic heterocycles. The molecular weight excluding hydrogens is 248 g/mol. The highest BCUT2D eigenvalue weighted by Gasteiger charge is 2.38. The smallest absolute Gasteiger partial charge is 0.389 e. The van der Waals surface area contributed by atoms with E-state index in [-0.39, 0.29) is 9.63 Å². The largest absolute Gasteiger partial charge is 0.624 e. The first-order valence-corrected chi connectivity index (χ1v) is 6.07. The molecule has 17 heavy (non-hydrogen) atoms. The van der Waals surface area contributed by atoms with Gasteiger partial charge in [0.25, 0.3) is 9.84 Å². The fraction of sp³-hybridized carbons (Fsp3) is 0.222. The number of hydrogen-bond donors (Lipinski definition) is 0. The molecule has 0 radical (unpaired) electrons. The molecule has 7 nitrogen and oxygen atoms in total. The van der Waals surface area contributed by atoms with Crippen LogP contribution in [0.5, 0.6) is 0 Å². The zero-order valence-corrected chi connectivity index (χ0v) is 9.70. The van der Waals surface area contributed by atoms with Crippen LogP contribution in [0.25, 0.3) is 0 Å². The Balaban J connectivity index is 3.29. The molecule has 0 amide bonds. The molecule has 0 heterocycles. The van der Waals surface area contributed by atoms with Gasteiger partial charge in [-0.15, -0.1) is 0 Å². The Morgan fingerprint density at radius 3 is 2.18 bits per heavy atom. The van der Waals surface area contributed by atoms with E-state index in [0.29, 0.717) is 6.21 Å². The van der Waals surface area contributed by atoms with E-state index in [1.165, 1.54) is 24.3 Å². The van der Waals surface area contributed by atoms with Crippen molar-refractivity contribution in [2.24, 2.45) is 0 Å². The highest BCUT2D eigenvalue weighted by Crippen LogP contribution is 2.14. The van der Waals surface area contributed by atoms with Gasteiger partial charge < -0.3 is 5.21 Å². The molecule has 92 valence electrons. The second kappa shape index (κ2) is 4.91. The normalized spacial score (nSPS) is 14.3. The zero-order chi connectivity index (χ0) is 13.1. The lowest BCUT2D eigenvalue weighted by molar-refractivity contribution is -0.494. The lowest BCUT2D eigenvalue weighted by atomic mass is 10.4. The Hall–Kier alpha value is -1.96. The molecule has 0 bridgehead atoms. The van der Waals surface area contributed by atoms with Crippen molar-refractivity contribution in [3.8, 4) is 0 Å². The van der Waals surface area contributed by atoms with Crippen LogP contribution in [0.4, 0.5) is 0 Å². The van der Waals surface area contributed by atoms with Crippen LogP contribution < -0.4 is 0 Å². The van der Waals surface area contributed by atoms with Gasteiger partial charge in [0.2, 0.25) is 6.21 Å². The van der Waals surface area contributed by atoms with Crippen LogP contribution in [0.15, 0.2) is 35.2 Å². The van der Waals surface area contributed by atoms with Crippen LogP contribution in [-0.4, -0.2) is 36.7 Å². The number of nitro groups is 1. The van der Waals surface area contributed by atoms with Gasteiger partial charge in [-0.2, -0.15) is 0 Å². The van der Waals surface area contributed by atoms with E-state index in [0.717, 1.165) is 7.05 Å². The van der Waals surface area contributed by atoms with Gasteiger partial charge in [-0.05, 0) is 12.1 Å². The second-order valence-electron chi connectivity index (χ2n) is 3.23. The van der Waals surface area contributed by atoms with Gasteiger partial charge in [-0.1, -0.05) is 18.2 Å². The van der Waals surface area contributed by atoms with E-state index >= 15 is 0 Å². The van der Waals surface area contributed by atoms with Gasteiger partial charge >= 0.3 is 5.37 Å². The predicted octanol–water partition coefficient (Wildman–Crippen LogP) is 0.274. The number of sulfone groups is 1. The Morgan fingerprint density at radius 1 is 1.24 bits per heavy atom. The fourth-order valence-electron chi connectivity index (χ4n) is 1.18. The molecule has 0 saturated heterocycles.